The number of allylic oxidation sites excluding steroid dienone is 6. The van der Waals surface area contributed by atoms with E-state index in [2.05, 4.69) is 27.7 Å². The topological polar surface area (TPSA) is 43.6 Å². The molecule has 0 radical (unpaired) electrons. The van der Waals surface area contributed by atoms with Crippen molar-refractivity contribution in [1.82, 2.24) is 20.2 Å². The quantitative estimate of drug-likeness (QED) is 0.637. The molecule has 1 aromatic heterocycles. The molecule has 1 aromatic rings. The second-order valence-electron chi connectivity index (χ2n) is 2.84. The van der Waals surface area contributed by atoms with Gasteiger partial charge in [0.25, 0.3) is 0 Å². The Kier molecular flexibility index (Phi) is 2.04. The molecule has 0 fully saturated rings. The molecule has 4 heteroatoms. The first-order valence-corrected chi connectivity index (χ1v) is 4.12. The highest BCUT2D eigenvalue weighted by Gasteiger charge is 2.11. The summed E-state index contributed by atoms with van der Waals surface area (Å²) in [4.78, 5) is 0. The van der Waals surface area contributed by atoms with Gasteiger partial charge in [-0.15, -0.1) is 5.10 Å². The van der Waals surface area contributed by atoms with Crippen molar-refractivity contribution in [2.75, 3.05) is 0 Å². The summed E-state index contributed by atoms with van der Waals surface area (Å²) in [5, 5.41) is 11.3. The molecule has 0 saturated heterocycles. The predicted octanol–water partition coefficient (Wildman–Crippen LogP) is 0.976. The Balaban J connectivity index is 2.32. The van der Waals surface area contributed by atoms with Crippen LogP contribution in [0.1, 0.15) is 11.7 Å². The molecule has 13 heavy (non-hydrogen) atoms. The van der Waals surface area contributed by atoms with Crippen LogP contribution in [-0.2, 0) is 7.05 Å². The lowest BCUT2D eigenvalue weighted by atomic mass is 10.1. The van der Waals surface area contributed by atoms with Gasteiger partial charge in [0.2, 0.25) is 0 Å². The van der Waals surface area contributed by atoms with E-state index in [1.54, 1.807) is 4.68 Å². The third kappa shape index (κ3) is 1.56. The molecule has 0 aromatic carbocycles. The molecule has 2 rings (SSSR count). The molecule has 1 aliphatic rings. The van der Waals surface area contributed by atoms with Gasteiger partial charge in [0.05, 0.1) is 5.92 Å². The van der Waals surface area contributed by atoms with Gasteiger partial charge in [-0.3, -0.25) is 0 Å². The van der Waals surface area contributed by atoms with Gasteiger partial charge in [0.15, 0.2) is 5.82 Å². The lowest BCUT2D eigenvalue weighted by molar-refractivity contribution is 0.676. The van der Waals surface area contributed by atoms with Gasteiger partial charge in [-0.2, -0.15) is 0 Å². The SMILES string of the molecule is Cn1nnnc1C1C=CC=CC=C1. The Bertz CT molecular complexity index is 357. The molecule has 0 N–H and O–H groups in total. The van der Waals surface area contributed by atoms with Crippen molar-refractivity contribution in [2.45, 2.75) is 5.92 Å². The average molecular weight is 174 g/mol. The van der Waals surface area contributed by atoms with Crippen molar-refractivity contribution in [3.8, 4) is 0 Å². The molecule has 0 amide bonds. The van der Waals surface area contributed by atoms with E-state index < -0.39 is 0 Å². The Labute approximate surface area is 76.3 Å². The Morgan fingerprint density at radius 3 is 2.38 bits per heavy atom. The first-order valence-electron chi connectivity index (χ1n) is 4.12. The number of nitrogens with zero attached hydrogens (tertiary/aromatic N) is 4. The van der Waals surface area contributed by atoms with Crippen molar-refractivity contribution in [2.24, 2.45) is 7.05 Å². The fourth-order valence-electron chi connectivity index (χ4n) is 1.25. The van der Waals surface area contributed by atoms with Gasteiger partial charge < -0.3 is 0 Å². The maximum atomic E-state index is 3.95. The molecule has 0 atom stereocenters. The van der Waals surface area contributed by atoms with Crippen LogP contribution in [0.25, 0.3) is 0 Å². The highest BCUT2D eigenvalue weighted by Crippen LogP contribution is 2.16. The Morgan fingerprint density at radius 2 is 1.85 bits per heavy atom. The first-order chi connectivity index (χ1) is 6.38. The number of aryl methyl sites for hydroxylation is 1. The van der Waals surface area contributed by atoms with Gasteiger partial charge in [0, 0.05) is 7.05 Å². The summed E-state index contributed by atoms with van der Waals surface area (Å²) in [6.07, 6.45) is 12.1. The standard InChI is InChI=1S/C9H10N4/c1-13-9(10-11-12-13)8-6-4-2-3-5-7-8/h2-8H,1H3. The lowest BCUT2D eigenvalue weighted by Gasteiger charge is -2.03. The summed E-state index contributed by atoms with van der Waals surface area (Å²) >= 11 is 0. The van der Waals surface area contributed by atoms with Crippen molar-refractivity contribution in [3.05, 3.63) is 42.3 Å². The zero-order valence-electron chi connectivity index (χ0n) is 7.33. The molecule has 0 aliphatic heterocycles. The third-order valence-corrected chi connectivity index (χ3v) is 1.92. The molecule has 0 saturated carbocycles. The van der Waals surface area contributed by atoms with Crippen LogP contribution in [0.3, 0.4) is 0 Å². The van der Waals surface area contributed by atoms with E-state index in [1.807, 2.05) is 31.4 Å². The number of rotatable bonds is 1. The van der Waals surface area contributed by atoms with Crippen LogP contribution < -0.4 is 0 Å². The van der Waals surface area contributed by atoms with Crippen molar-refractivity contribution in [1.29, 1.82) is 0 Å². The monoisotopic (exact) mass is 174 g/mol. The molecule has 0 spiro atoms. The second kappa shape index (κ2) is 3.35. The van der Waals surface area contributed by atoms with Gasteiger partial charge in [-0.1, -0.05) is 36.5 Å². The maximum Gasteiger partial charge on any atom is 0.161 e. The van der Waals surface area contributed by atoms with Crippen molar-refractivity contribution < 1.29 is 0 Å². The lowest BCUT2D eigenvalue weighted by Crippen LogP contribution is -2.02. The molecule has 1 aliphatic carbocycles. The minimum atomic E-state index is 0.176. The van der Waals surface area contributed by atoms with Crippen LogP contribution in [0.4, 0.5) is 0 Å². The summed E-state index contributed by atoms with van der Waals surface area (Å²) in [6, 6.07) is 0. The average Bonchev–Trinajstić information content (AvgIpc) is 2.43. The van der Waals surface area contributed by atoms with E-state index in [9.17, 15) is 0 Å². The number of aromatic nitrogens is 4. The fraction of sp³-hybridized carbons (Fsp3) is 0.222. The number of tetrazole rings is 1. The van der Waals surface area contributed by atoms with Crippen LogP contribution in [0.2, 0.25) is 0 Å². The largest absolute Gasteiger partial charge is 0.232 e. The van der Waals surface area contributed by atoms with Gasteiger partial charge in [-0.05, 0) is 10.4 Å². The molecule has 0 bridgehead atoms. The van der Waals surface area contributed by atoms with Crippen LogP contribution in [-0.4, -0.2) is 20.2 Å². The number of hydrogen-bond donors (Lipinski definition) is 0. The fourth-order valence-corrected chi connectivity index (χ4v) is 1.25. The summed E-state index contributed by atoms with van der Waals surface area (Å²) in [5.41, 5.74) is 0. The van der Waals surface area contributed by atoms with E-state index in [0.717, 1.165) is 5.82 Å². The summed E-state index contributed by atoms with van der Waals surface area (Å²) < 4.78 is 1.69. The summed E-state index contributed by atoms with van der Waals surface area (Å²) in [5.74, 6) is 1.03. The predicted molar refractivity (Wildman–Crippen MR) is 49.0 cm³/mol. The molecule has 66 valence electrons. The van der Waals surface area contributed by atoms with E-state index in [0.29, 0.717) is 0 Å². The van der Waals surface area contributed by atoms with E-state index in [1.165, 1.54) is 0 Å². The Morgan fingerprint density at radius 1 is 1.15 bits per heavy atom. The molecular formula is C9H10N4. The smallest absolute Gasteiger partial charge is 0.161 e. The summed E-state index contributed by atoms with van der Waals surface area (Å²) in [7, 11) is 1.84. The second-order valence-corrected chi connectivity index (χ2v) is 2.84. The first kappa shape index (κ1) is 7.91. The van der Waals surface area contributed by atoms with Crippen LogP contribution in [0, 0.1) is 0 Å². The highest BCUT2D eigenvalue weighted by atomic mass is 15.5. The van der Waals surface area contributed by atoms with Crippen molar-refractivity contribution >= 4 is 0 Å². The van der Waals surface area contributed by atoms with Crippen LogP contribution in [0.5, 0.6) is 0 Å². The van der Waals surface area contributed by atoms with Gasteiger partial charge in [0.1, 0.15) is 0 Å². The number of hydrogen-bond acceptors (Lipinski definition) is 3. The normalized spacial score (nSPS) is 16.4. The van der Waals surface area contributed by atoms with E-state index >= 15 is 0 Å². The van der Waals surface area contributed by atoms with Gasteiger partial charge >= 0.3 is 0 Å². The maximum absolute atomic E-state index is 3.95. The molecule has 0 unspecified atom stereocenters. The molecule has 1 heterocycles. The van der Waals surface area contributed by atoms with E-state index in [4.69, 9.17) is 0 Å². The molecule has 4 nitrogen and oxygen atoms in total. The highest BCUT2D eigenvalue weighted by molar-refractivity contribution is 5.26. The van der Waals surface area contributed by atoms with E-state index in [-0.39, 0.29) is 5.92 Å². The Hall–Kier alpha value is -1.71. The minimum Gasteiger partial charge on any atom is -0.232 e. The van der Waals surface area contributed by atoms with Crippen molar-refractivity contribution in [3.63, 3.8) is 0 Å². The van der Waals surface area contributed by atoms with Gasteiger partial charge in [-0.25, -0.2) is 4.68 Å². The minimum absolute atomic E-state index is 0.176. The third-order valence-electron chi connectivity index (χ3n) is 1.92. The van der Waals surface area contributed by atoms with Crippen LogP contribution in [0.15, 0.2) is 36.5 Å². The zero-order chi connectivity index (χ0) is 9.10. The van der Waals surface area contributed by atoms with Crippen LogP contribution >= 0.6 is 0 Å². The summed E-state index contributed by atoms with van der Waals surface area (Å²) in [6.45, 7) is 0. The molecular weight excluding hydrogens is 164 g/mol. The zero-order valence-corrected chi connectivity index (χ0v) is 7.33.